The normalized spacial score (nSPS) is 16.8. The summed E-state index contributed by atoms with van der Waals surface area (Å²) >= 11 is 0. The van der Waals surface area contributed by atoms with Crippen LogP contribution in [0.25, 0.3) is 0 Å². The number of hydrogen-bond donors (Lipinski definition) is 0. The highest BCUT2D eigenvalue weighted by Crippen LogP contribution is 2.29. The van der Waals surface area contributed by atoms with Crippen molar-refractivity contribution in [2.24, 2.45) is 5.92 Å². The number of ketones is 1. The van der Waals surface area contributed by atoms with Crippen molar-refractivity contribution in [1.82, 2.24) is 0 Å². The van der Waals surface area contributed by atoms with Gasteiger partial charge in [0.2, 0.25) is 0 Å². The maximum Gasteiger partial charge on any atom is 0.161 e. The van der Waals surface area contributed by atoms with Gasteiger partial charge in [-0.25, -0.2) is 0 Å². The lowest BCUT2D eigenvalue weighted by Gasteiger charge is -1.96. The summed E-state index contributed by atoms with van der Waals surface area (Å²) in [4.78, 5) is 10.9. The first kappa shape index (κ1) is 7.48. The highest BCUT2D eigenvalue weighted by atomic mass is 16.5. The molecule has 0 N–H and O–H groups in total. The van der Waals surface area contributed by atoms with E-state index in [1.165, 1.54) is 0 Å². The Labute approximate surface area is 60.9 Å². The molecule has 1 aliphatic rings. The molecular formula is C8H12O2. The number of carbonyl (C=O) groups excluding carboxylic acids is 1. The third-order valence-electron chi connectivity index (χ3n) is 1.51. The van der Waals surface area contributed by atoms with Gasteiger partial charge in [0, 0.05) is 5.92 Å². The Balaban J connectivity index is 2.00. The number of carbonyl (C=O) groups is 1. The third kappa shape index (κ3) is 2.31. The van der Waals surface area contributed by atoms with Crippen LogP contribution in [0.2, 0.25) is 0 Å². The molecule has 56 valence electrons. The number of rotatable bonds is 5. The van der Waals surface area contributed by atoms with Gasteiger partial charge in [-0.05, 0) is 12.8 Å². The summed E-state index contributed by atoms with van der Waals surface area (Å²) in [6, 6.07) is 0. The molecule has 0 aromatic rings. The smallest absolute Gasteiger partial charge is 0.161 e. The first-order valence-corrected chi connectivity index (χ1v) is 3.56. The van der Waals surface area contributed by atoms with E-state index in [0.717, 1.165) is 12.8 Å². The van der Waals surface area contributed by atoms with E-state index in [9.17, 15) is 4.79 Å². The molecule has 2 nitrogen and oxygen atoms in total. The second-order valence-corrected chi connectivity index (χ2v) is 2.54. The first-order valence-electron chi connectivity index (χ1n) is 3.56. The largest absolute Gasteiger partial charge is 0.370 e. The molecule has 1 saturated carbocycles. The van der Waals surface area contributed by atoms with Gasteiger partial charge in [0.15, 0.2) is 5.78 Å². The molecule has 0 atom stereocenters. The van der Waals surface area contributed by atoms with E-state index in [1.54, 1.807) is 6.08 Å². The first-order chi connectivity index (χ1) is 4.84. The van der Waals surface area contributed by atoms with Crippen LogP contribution in [0, 0.1) is 5.92 Å². The molecule has 0 saturated heterocycles. The van der Waals surface area contributed by atoms with Crippen LogP contribution in [0.3, 0.4) is 0 Å². The van der Waals surface area contributed by atoms with E-state index in [-0.39, 0.29) is 12.4 Å². The summed E-state index contributed by atoms with van der Waals surface area (Å²) in [5.74, 6) is 0.576. The van der Waals surface area contributed by atoms with Gasteiger partial charge in [0.05, 0.1) is 6.61 Å². The van der Waals surface area contributed by atoms with Crippen molar-refractivity contribution in [3.05, 3.63) is 12.7 Å². The Bertz CT molecular complexity index is 136. The molecule has 1 aliphatic carbocycles. The van der Waals surface area contributed by atoms with Crippen LogP contribution >= 0.6 is 0 Å². The monoisotopic (exact) mass is 140 g/mol. The molecule has 1 rings (SSSR count). The standard InChI is InChI=1S/C8H12O2/c1-2-5-10-6-8(9)7-3-4-7/h2,7H,1,3-6H2. The predicted molar refractivity (Wildman–Crippen MR) is 38.7 cm³/mol. The van der Waals surface area contributed by atoms with E-state index in [0.29, 0.717) is 12.5 Å². The third-order valence-corrected chi connectivity index (χ3v) is 1.51. The lowest BCUT2D eigenvalue weighted by atomic mass is 10.3. The molecule has 1 fully saturated rings. The molecule has 0 heterocycles. The molecule has 0 amide bonds. The van der Waals surface area contributed by atoms with Gasteiger partial charge >= 0.3 is 0 Å². The maximum absolute atomic E-state index is 10.9. The van der Waals surface area contributed by atoms with Crippen LogP contribution in [-0.4, -0.2) is 19.0 Å². The van der Waals surface area contributed by atoms with Crippen LogP contribution in [0.5, 0.6) is 0 Å². The summed E-state index contributed by atoms with van der Waals surface area (Å²) in [5.41, 5.74) is 0. The Kier molecular flexibility index (Phi) is 2.63. The van der Waals surface area contributed by atoms with Crippen molar-refractivity contribution in [2.75, 3.05) is 13.2 Å². The van der Waals surface area contributed by atoms with Crippen molar-refractivity contribution < 1.29 is 9.53 Å². The lowest BCUT2D eigenvalue weighted by Crippen LogP contribution is -2.09. The summed E-state index contributed by atoms with van der Waals surface area (Å²) in [7, 11) is 0. The molecule has 10 heavy (non-hydrogen) atoms. The average Bonchev–Trinajstić information content (AvgIpc) is 2.69. The molecule has 0 bridgehead atoms. The topological polar surface area (TPSA) is 26.3 Å². The Morgan fingerprint density at radius 3 is 2.90 bits per heavy atom. The van der Waals surface area contributed by atoms with E-state index < -0.39 is 0 Å². The molecule has 0 radical (unpaired) electrons. The zero-order valence-corrected chi connectivity index (χ0v) is 6.01. The Morgan fingerprint density at radius 1 is 1.70 bits per heavy atom. The summed E-state index contributed by atoms with van der Waals surface area (Å²) in [6.45, 7) is 4.24. The van der Waals surface area contributed by atoms with Crippen LogP contribution in [-0.2, 0) is 9.53 Å². The predicted octanol–water partition coefficient (Wildman–Crippen LogP) is 1.17. The molecule has 0 aromatic carbocycles. The van der Waals surface area contributed by atoms with Gasteiger partial charge in [-0.2, -0.15) is 0 Å². The van der Waals surface area contributed by atoms with E-state index in [1.807, 2.05) is 0 Å². The maximum atomic E-state index is 10.9. The Morgan fingerprint density at radius 2 is 2.40 bits per heavy atom. The fourth-order valence-electron chi connectivity index (χ4n) is 0.766. The van der Waals surface area contributed by atoms with Gasteiger partial charge in [-0.1, -0.05) is 6.08 Å². The molecule has 2 heteroatoms. The van der Waals surface area contributed by atoms with Crippen LogP contribution in [0.1, 0.15) is 12.8 Å². The van der Waals surface area contributed by atoms with E-state index in [2.05, 4.69) is 6.58 Å². The minimum atomic E-state index is 0.252. The van der Waals surface area contributed by atoms with E-state index in [4.69, 9.17) is 4.74 Å². The van der Waals surface area contributed by atoms with E-state index >= 15 is 0 Å². The van der Waals surface area contributed by atoms with Crippen molar-refractivity contribution in [1.29, 1.82) is 0 Å². The van der Waals surface area contributed by atoms with Crippen molar-refractivity contribution in [3.8, 4) is 0 Å². The Hall–Kier alpha value is -0.630. The minimum absolute atomic E-state index is 0.252. The number of Topliss-reactive ketones (excluding diaryl/α,β-unsaturated/α-hetero) is 1. The fraction of sp³-hybridized carbons (Fsp3) is 0.625. The number of ether oxygens (including phenoxy) is 1. The van der Waals surface area contributed by atoms with Gasteiger partial charge in [0.25, 0.3) is 0 Å². The van der Waals surface area contributed by atoms with Crippen LogP contribution in [0.4, 0.5) is 0 Å². The molecule has 0 aromatic heterocycles. The molecular weight excluding hydrogens is 128 g/mol. The summed E-state index contributed by atoms with van der Waals surface area (Å²) < 4.78 is 4.98. The molecule has 0 spiro atoms. The fourth-order valence-corrected chi connectivity index (χ4v) is 0.766. The summed E-state index contributed by atoms with van der Waals surface area (Å²) in [5, 5.41) is 0. The number of hydrogen-bond acceptors (Lipinski definition) is 2. The molecule has 0 unspecified atom stereocenters. The van der Waals surface area contributed by atoms with Crippen molar-refractivity contribution in [3.63, 3.8) is 0 Å². The summed E-state index contributed by atoms with van der Waals surface area (Å²) in [6.07, 6.45) is 3.78. The highest BCUT2D eigenvalue weighted by molar-refractivity contribution is 5.84. The van der Waals surface area contributed by atoms with Crippen LogP contribution in [0.15, 0.2) is 12.7 Å². The quantitative estimate of drug-likeness (QED) is 0.423. The zero-order valence-electron chi connectivity index (χ0n) is 6.01. The van der Waals surface area contributed by atoms with Gasteiger partial charge < -0.3 is 4.74 Å². The SMILES string of the molecule is C=CCOCC(=O)C1CC1. The second kappa shape index (κ2) is 3.52. The van der Waals surface area contributed by atoms with Gasteiger partial charge in [0.1, 0.15) is 6.61 Å². The average molecular weight is 140 g/mol. The zero-order chi connectivity index (χ0) is 7.40. The van der Waals surface area contributed by atoms with Gasteiger partial charge in [-0.15, -0.1) is 6.58 Å². The molecule has 0 aliphatic heterocycles. The minimum Gasteiger partial charge on any atom is -0.370 e. The highest BCUT2D eigenvalue weighted by Gasteiger charge is 2.28. The van der Waals surface area contributed by atoms with Crippen molar-refractivity contribution in [2.45, 2.75) is 12.8 Å². The lowest BCUT2D eigenvalue weighted by molar-refractivity contribution is -0.124. The van der Waals surface area contributed by atoms with Crippen LogP contribution < -0.4 is 0 Å². The van der Waals surface area contributed by atoms with Gasteiger partial charge in [-0.3, -0.25) is 4.79 Å². The van der Waals surface area contributed by atoms with Crippen molar-refractivity contribution >= 4 is 5.78 Å². The second-order valence-electron chi connectivity index (χ2n) is 2.54.